The Balaban J connectivity index is -0.0000000800. The third kappa shape index (κ3) is 63.6. The van der Waals surface area contributed by atoms with Crippen molar-refractivity contribution in [2.45, 2.75) is 0 Å². The Hall–Kier alpha value is 2.25. The average molecular weight is 344 g/mol. The van der Waals surface area contributed by atoms with Gasteiger partial charge in [-0.3, -0.25) is 0 Å². The Morgan fingerprint density at radius 1 is 1.14 bits per heavy atom. The summed E-state index contributed by atoms with van der Waals surface area (Å²) in [7, 11) is -5.39. The van der Waals surface area contributed by atoms with Crippen molar-refractivity contribution in [1.29, 1.82) is 0 Å². The van der Waals surface area contributed by atoms with Crippen LogP contribution < -0.4 is 14.7 Å². The first-order valence-corrected chi connectivity index (χ1v) is 2.19. The van der Waals surface area contributed by atoms with Crippen LogP contribution in [0.25, 0.3) is 0 Å². The second kappa shape index (κ2) is 6.37. The molecule has 0 aliphatic heterocycles. The minimum absolute atomic E-state index is 0. The van der Waals surface area contributed by atoms with Crippen LogP contribution in [-0.2, 0) is 4.57 Å². The zero-order valence-corrected chi connectivity index (χ0v) is 9.81. The molecular weight excluding hydrogens is 344 g/mol. The molecule has 0 fully saturated rings. The summed E-state index contributed by atoms with van der Waals surface area (Å²) in [5, 5.41) is 0. The monoisotopic (exact) mass is 344 g/mol. The molecule has 0 aromatic carbocycles. The van der Waals surface area contributed by atoms with Gasteiger partial charge >= 0.3 is 63.9 Å². The first kappa shape index (κ1) is 16.1. The van der Waals surface area contributed by atoms with Gasteiger partial charge in [0.25, 0.3) is 0 Å². The summed E-state index contributed by atoms with van der Waals surface area (Å²) in [4.78, 5) is 25.6. The maximum Gasteiger partial charge on any atom is 3.00 e. The Morgan fingerprint density at radius 3 is 1.14 bits per heavy atom. The van der Waals surface area contributed by atoms with Crippen molar-refractivity contribution in [2.75, 3.05) is 0 Å². The van der Waals surface area contributed by atoms with Crippen LogP contribution in [0.4, 0.5) is 0 Å². The van der Waals surface area contributed by atoms with Crippen LogP contribution in [0.2, 0.25) is 0 Å². The standard InChI is InChI=1S/Bi.Ca.H3O4P/c;;1-5(2,3)4/h;;(H3,1,2,3,4)/q+3;+2;/p-3. The number of hydrogen-bond acceptors (Lipinski definition) is 4. The van der Waals surface area contributed by atoms with E-state index in [0.717, 1.165) is 0 Å². The van der Waals surface area contributed by atoms with Crippen LogP contribution in [0.1, 0.15) is 0 Å². The molecule has 0 aromatic rings. The second-order valence-corrected chi connectivity index (χ2v) is 1.34. The molecule has 34 valence electrons. The van der Waals surface area contributed by atoms with E-state index in [9.17, 15) is 0 Å². The molecule has 0 saturated carbocycles. The number of rotatable bonds is 0. The summed E-state index contributed by atoms with van der Waals surface area (Å²) < 4.78 is 8.55. The fraction of sp³-hybridized carbons (Fsp3) is 0. The quantitative estimate of drug-likeness (QED) is 0.336. The zero-order valence-electron chi connectivity index (χ0n) is 3.23. The fourth-order valence-corrected chi connectivity index (χ4v) is 0. The van der Waals surface area contributed by atoms with E-state index >= 15 is 0 Å². The molecule has 0 aliphatic rings. The van der Waals surface area contributed by atoms with Gasteiger partial charge in [-0.15, -0.1) is 0 Å². The van der Waals surface area contributed by atoms with Crippen LogP contribution in [0.3, 0.4) is 0 Å². The van der Waals surface area contributed by atoms with Gasteiger partial charge in [0.05, 0.1) is 0 Å². The third-order valence-corrected chi connectivity index (χ3v) is 0. The summed E-state index contributed by atoms with van der Waals surface area (Å²) in [6, 6.07) is 0. The van der Waals surface area contributed by atoms with E-state index in [4.69, 9.17) is 19.2 Å². The molecule has 0 aliphatic carbocycles. The van der Waals surface area contributed by atoms with Crippen LogP contribution in [0, 0.1) is 0 Å². The maximum atomic E-state index is 8.55. The van der Waals surface area contributed by atoms with Gasteiger partial charge in [-0.05, 0) is 0 Å². The first-order valence-electron chi connectivity index (χ1n) is 0.730. The molecule has 0 unspecified atom stereocenters. The van der Waals surface area contributed by atoms with Gasteiger partial charge in [-0.1, -0.05) is 0 Å². The van der Waals surface area contributed by atoms with E-state index < -0.39 is 7.82 Å². The van der Waals surface area contributed by atoms with E-state index in [0.29, 0.717) is 0 Å². The van der Waals surface area contributed by atoms with E-state index in [-0.39, 0.29) is 63.9 Å². The fourth-order valence-electron chi connectivity index (χ4n) is 0. The SMILES string of the molecule is O=P([O-])([O-])[O-].[Bi+3].[Ca+2]. The molecule has 0 rings (SSSR count). The van der Waals surface area contributed by atoms with Gasteiger partial charge in [0.1, 0.15) is 0 Å². The molecule has 0 bridgehead atoms. The van der Waals surface area contributed by atoms with Crippen LogP contribution in [-0.4, -0.2) is 63.9 Å². The number of phosphoric acid groups is 1. The second-order valence-electron chi connectivity index (χ2n) is 0.447. The first-order chi connectivity index (χ1) is 2.00. The van der Waals surface area contributed by atoms with Gasteiger partial charge in [0, 0.05) is 0 Å². The van der Waals surface area contributed by atoms with E-state index in [1.54, 1.807) is 0 Å². The van der Waals surface area contributed by atoms with Crippen molar-refractivity contribution in [3.05, 3.63) is 0 Å². The summed E-state index contributed by atoms with van der Waals surface area (Å²) >= 11 is 0. The van der Waals surface area contributed by atoms with Crippen molar-refractivity contribution in [1.82, 2.24) is 0 Å². The Morgan fingerprint density at radius 2 is 1.14 bits per heavy atom. The predicted octanol–water partition coefficient (Wildman–Crippen LogP) is -3.59. The van der Waals surface area contributed by atoms with E-state index in [2.05, 4.69) is 0 Å². The van der Waals surface area contributed by atoms with Crippen molar-refractivity contribution in [3.63, 3.8) is 0 Å². The van der Waals surface area contributed by atoms with Crippen molar-refractivity contribution in [2.24, 2.45) is 0 Å². The summed E-state index contributed by atoms with van der Waals surface area (Å²) in [6.07, 6.45) is 0. The van der Waals surface area contributed by atoms with Crippen LogP contribution in [0.15, 0.2) is 0 Å². The molecule has 0 N–H and O–H groups in total. The molecular formula is BiCaO4P+2. The molecule has 7 heteroatoms. The van der Waals surface area contributed by atoms with E-state index in [1.165, 1.54) is 0 Å². The largest absolute Gasteiger partial charge is 3.00 e. The molecule has 0 aromatic heterocycles. The minimum Gasteiger partial charge on any atom is -0.822 e. The molecule has 4 nitrogen and oxygen atoms in total. The molecule has 0 saturated heterocycles. The van der Waals surface area contributed by atoms with Crippen molar-refractivity contribution < 1.29 is 19.2 Å². The number of hydrogen-bond donors (Lipinski definition) is 0. The summed E-state index contributed by atoms with van der Waals surface area (Å²) in [5.74, 6) is 0. The summed E-state index contributed by atoms with van der Waals surface area (Å²) in [6.45, 7) is 0. The Bertz CT molecular complexity index is 57.8. The zero-order chi connectivity index (χ0) is 4.50. The molecule has 7 heavy (non-hydrogen) atoms. The average Bonchev–Trinajstić information content (AvgIpc) is 0.722. The summed E-state index contributed by atoms with van der Waals surface area (Å²) in [5.41, 5.74) is 0. The molecule has 0 spiro atoms. The third-order valence-electron chi connectivity index (χ3n) is 0. The Labute approximate surface area is 89.7 Å². The molecule has 0 heterocycles. The van der Waals surface area contributed by atoms with Gasteiger partial charge in [0.2, 0.25) is 0 Å². The molecule has 0 atom stereocenters. The van der Waals surface area contributed by atoms with Gasteiger partial charge < -0.3 is 19.2 Å². The molecule has 2 radical (unpaired) electrons. The maximum absolute atomic E-state index is 8.55. The van der Waals surface area contributed by atoms with E-state index in [1.807, 2.05) is 0 Å². The Kier molecular flexibility index (Phi) is 14.7. The smallest absolute Gasteiger partial charge is 0.822 e. The van der Waals surface area contributed by atoms with Gasteiger partial charge in [0.15, 0.2) is 0 Å². The van der Waals surface area contributed by atoms with Gasteiger partial charge in [-0.2, -0.15) is 7.82 Å². The van der Waals surface area contributed by atoms with Crippen molar-refractivity contribution in [3.8, 4) is 0 Å². The normalized spacial score (nSPS) is 8.43. The minimum atomic E-state index is -5.39. The van der Waals surface area contributed by atoms with Crippen LogP contribution in [0.5, 0.6) is 0 Å². The van der Waals surface area contributed by atoms with Crippen LogP contribution >= 0.6 is 7.82 Å². The predicted molar refractivity (Wildman–Crippen MR) is 19.1 cm³/mol. The van der Waals surface area contributed by atoms with Gasteiger partial charge in [-0.25, -0.2) is 0 Å². The topological polar surface area (TPSA) is 86.2 Å². The molecule has 0 amide bonds. The van der Waals surface area contributed by atoms with Crippen molar-refractivity contribution >= 4 is 71.8 Å².